The van der Waals surface area contributed by atoms with Crippen molar-refractivity contribution in [3.8, 4) is 5.75 Å². The Labute approximate surface area is 82.9 Å². The largest absolute Gasteiger partial charge is 0.490 e. The molecule has 0 fully saturated rings. The standard InChI is InChI=1S/C11H14FNO/c1-7-4-5-8(12)11-10(7)9(13)3-2-6-14-11/h4-5,9H,2-3,6,13H2,1H3/t9-/m1/s1. The predicted octanol–water partition coefficient (Wildman–Crippen LogP) is 2.31. The molecule has 76 valence electrons. The molecule has 1 aromatic rings. The van der Waals surface area contributed by atoms with E-state index in [4.69, 9.17) is 10.5 Å². The summed E-state index contributed by atoms with van der Waals surface area (Å²) in [4.78, 5) is 0. The zero-order chi connectivity index (χ0) is 10.1. The Hall–Kier alpha value is -1.09. The van der Waals surface area contributed by atoms with E-state index >= 15 is 0 Å². The molecule has 14 heavy (non-hydrogen) atoms. The molecule has 0 aliphatic carbocycles. The number of halogens is 1. The lowest BCUT2D eigenvalue weighted by Crippen LogP contribution is -2.11. The van der Waals surface area contributed by atoms with Gasteiger partial charge in [0.05, 0.1) is 6.61 Å². The van der Waals surface area contributed by atoms with Gasteiger partial charge in [0.15, 0.2) is 11.6 Å². The van der Waals surface area contributed by atoms with Crippen LogP contribution in [-0.2, 0) is 0 Å². The topological polar surface area (TPSA) is 35.2 Å². The summed E-state index contributed by atoms with van der Waals surface area (Å²) in [6, 6.07) is 3.10. The fourth-order valence-corrected chi connectivity index (χ4v) is 1.90. The molecule has 1 heterocycles. The van der Waals surface area contributed by atoms with Gasteiger partial charge in [-0.15, -0.1) is 0 Å². The molecule has 2 nitrogen and oxygen atoms in total. The monoisotopic (exact) mass is 195 g/mol. The highest BCUT2D eigenvalue weighted by atomic mass is 19.1. The minimum atomic E-state index is -0.303. The first-order chi connectivity index (χ1) is 6.70. The molecule has 1 aliphatic rings. The van der Waals surface area contributed by atoms with Gasteiger partial charge < -0.3 is 10.5 Å². The molecule has 1 atom stereocenters. The Morgan fingerprint density at radius 3 is 3.07 bits per heavy atom. The second-order valence-electron chi connectivity index (χ2n) is 3.70. The maximum atomic E-state index is 13.4. The molecule has 0 radical (unpaired) electrons. The van der Waals surface area contributed by atoms with Gasteiger partial charge in [-0.05, 0) is 31.4 Å². The minimum Gasteiger partial charge on any atom is -0.490 e. The molecule has 1 aliphatic heterocycles. The summed E-state index contributed by atoms with van der Waals surface area (Å²) < 4.78 is 18.8. The van der Waals surface area contributed by atoms with Crippen LogP contribution in [0.1, 0.15) is 30.0 Å². The summed E-state index contributed by atoms with van der Waals surface area (Å²) in [5.74, 6) is 0.0537. The van der Waals surface area contributed by atoms with E-state index in [-0.39, 0.29) is 11.9 Å². The number of benzene rings is 1. The molecule has 0 unspecified atom stereocenters. The van der Waals surface area contributed by atoms with Gasteiger partial charge in [0.25, 0.3) is 0 Å². The third-order valence-corrected chi connectivity index (χ3v) is 2.64. The Morgan fingerprint density at radius 1 is 1.50 bits per heavy atom. The normalized spacial score (nSPS) is 20.9. The van der Waals surface area contributed by atoms with Crippen molar-refractivity contribution >= 4 is 0 Å². The van der Waals surface area contributed by atoms with E-state index in [2.05, 4.69) is 0 Å². The van der Waals surface area contributed by atoms with Gasteiger partial charge in [0, 0.05) is 11.6 Å². The van der Waals surface area contributed by atoms with Crippen LogP contribution in [-0.4, -0.2) is 6.61 Å². The zero-order valence-electron chi connectivity index (χ0n) is 8.22. The number of hydrogen-bond donors (Lipinski definition) is 1. The Bertz CT molecular complexity index is 351. The number of hydrogen-bond acceptors (Lipinski definition) is 2. The molecule has 3 heteroatoms. The minimum absolute atomic E-state index is 0.0943. The first-order valence-electron chi connectivity index (χ1n) is 4.87. The van der Waals surface area contributed by atoms with Crippen molar-refractivity contribution in [2.45, 2.75) is 25.8 Å². The molecular weight excluding hydrogens is 181 g/mol. The van der Waals surface area contributed by atoms with Crippen LogP contribution in [0.5, 0.6) is 5.75 Å². The second-order valence-corrected chi connectivity index (χ2v) is 3.70. The van der Waals surface area contributed by atoms with Crippen LogP contribution >= 0.6 is 0 Å². The summed E-state index contributed by atoms with van der Waals surface area (Å²) in [6.45, 7) is 2.49. The van der Waals surface area contributed by atoms with Crippen LogP contribution < -0.4 is 10.5 Å². The summed E-state index contributed by atoms with van der Waals surface area (Å²) in [5, 5.41) is 0. The molecule has 0 aromatic heterocycles. The van der Waals surface area contributed by atoms with Crippen molar-refractivity contribution in [1.29, 1.82) is 0 Å². The number of fused-ring (bicyclic) bond motifs is 1. The fraction of sp³-hybridized carbons (Fsp3) is 0.455. The van der Waals surface area contributed by atoms with Crippen molar-refractivity contribution < 1.29 is 9.13 Å². The van der Waals surface area contributed by atoms with Crippen LogP contribution in [0.2, 0.25) is 0 Å². The molecule has 2 rings (SSSR count). The van der Waals surface area contributed by atoms with Gasteiger partial charge in [0.1, 0.15) is 0 Å². The lowest BCUT2D eigenvalue weighted by molar-refractivity contribution is 0.301. The Balaban J connectivity index is 2.57. The van der Waals surface area contributed by atoms with Gasteiger partial charge in [0.2, 0.25) is 0 Å². The molecule has 0 amide bonds. The highest BCUT2D eigenvalue weighted by Gasteiger charge is 2.21. The van der Waals surface area contributed by atoms with Crippen LogP contribution in [0, 0.1) is 12.7 Å². The first kappa shape index (κ1) is 9.46. The van der Waals surface area contributed by atoms with Crippen molar-refractivity contribution in [3.05, 3.63) is 29.1 Å². The third kappa shape index (κ3) is 1.48. The average Bonchev–Trinajstić information content (AvgIpc) is 2.35. The summed E-state index contributed by atoms with van der Waals surface area (Å²) in [6.07, 6.45) is 1.74. The quantitative estimate of drug-likeness (QED) is 0.689. The van der Waals surface area contributed by atoms with Gasteiger partial charge in [-0.25, -0.2) is 4.39 Å². The maximum Gasteiger partial charge on any atom is 0.165 e. The third-order valence-electron chi connectivity index (χ3n) is 2.64. The maximum absolute atomic E-state index is 13.4. The Morgan fingerprint density at radius 2 is 2.29 bits per heavy atom. The second kappa shape index (κ2) is 3.58. The molecule has 0 bridgehead atoms. The lowest BCUT2D eigenvalue weighted by atomic mass is 9.98. The zero-order valence-corrected chi connectivity index (χ0v) is 8.22. The summed E-state index contributed by atoms with van der Waals surface area (Å²) in [5.41, 5.74) is 7.82. The smallest absolute Gasteiger partial charge is 0.165 e. The molecule has 0 saturated heterocycles. The van der Waals surface area contributed by atoms with E-state index in [0.29, 0.717) is 12.4 Å². The molecule has 0 saturated carbocycles. The highest BCUT2D eigenvalue weighted by molar-refractivity contribution is 5.43. The molecular formula is C11H14FNO. The fourth-order valence-electron chi connectivity index (χ4n) is 1.90. The van der Waals surface area contributed by atoms with Crippen molar-refractivity contribution in [1.82, 2.24) is 0 Å². The number of rotatable bonds is 0. The van der Waals surface area contributed by atoms with Gasteiger partial charge >= 0.3 is 0 Å². The highest BCUT2D eigenvalue weighted by Crippen LogP contribution is 2.34. The number of nitrogens with two attached hydrogens (primary N) is 1. The van der Waals surface area contributed by atoms with Crippen LogP contribution in [0.3, 0.4) is 0 Å². The summed E-state index contributed by atoms with van der Waals surface area (Å²) in [7, 11) is 0. The van der Waals surface area contributed by atoms with Crippen LogP contribution in [0.25, 0.3) is 0 Å². The van der Waals surface area contributed by atoms with Crippen LogP contribution in [0.4, 0.5) is 4.39 Å². The molecule has 1 aromatic carbocycles. The van der Waals surface area contributed by atoms with Crippen LogP contribution in [0.15, 0.2) is 12.1 Å². The van der Waals surface area contributed by atoms with Crippen molar-refractivity contribution in [2.75, 3.05) is 6.61 Å². The van der Waals surface area contributed by atoms with E-state index in [1.54, 1.807) is 6.07 Å². The Kier molecular flexibility index (Phi) is 2.42. The first-order valence-corrected chi connectivity index (χ1v) is 4.87. The predicted molar refractivity (Wildman–Crippen MR) is 52.8 cm³/mol. The number of ether oxygens (including phenoxy) is 1. The van der Waals surface area contributed by atoms with E-state index in [1.165, 1.54) is 6.07 Å². The van der Waals surface area contributed by atoms with E-state index < -0.39 is 0 Å². The average molecular weight is 195 g/mol. The lowest BCUT2D eigenvalue weighted by Gasteiger charge is -2.15. The van der Waals surface area contributed by atoms with Crippen molar-refractivity contribution in [3.63, 3.8) is 0 Å². The van der Waals surface area contributed by atoms with Gasteiger partial charge in [-0.2, -0.15) is 0 Å². The van der Waals surface area contributed by atoms with E-state index in [1.807, 2.05) is 6.92 Å². The number of aryl methyl sites for hydroxylation is 1. The SMILES string of the molecule is Cc1ccc(F)c2c1[C@H](N)CCCO2. The van der Waals surface area contributed by atoms with Crippen molar-refractivity contribution in [2.24, 2.45) is 5.73 Å². The molecule has 2 N–H and O–H groups in total. The van der Waals surface area contributed by atoms with Gasteiger partial charge in [-0.3, -0.25) is 0 Å². The van der Waals surface area contributed by atoms with E-state index in [9.17, 15) is 4.39 Å². The summed E-state index contributed by atoms with van der Waals surface area (Å²) >= 11 is 0. The van der Waals surface area contributed by atoms with Gasteiger partial charge in [-0.1, -0.05) is 6.07 Å². The molecule has 0 spiro atoms. The van der Waals surface area contributed by atoms with E-state index in [0.717, 1.165) is 24.0 Å².